The van der Waals surface area contributed by atoms with Crippen molar-refractivity contribution in [1.29, 1.82) is 0 Å². The minimum Gasteiger partial charge on any atom is -0.385 e. The fourth-order valence-corrected chi connectivity index (χ4v) is 2.28. The van der Waals surface area contributed by atoms with Crippen molar-refractivity contribution in [2.45, 2.75) is 25.7 Å². The van der Waals surface area contributed by atoms with E-state index < -0.39 is 0 Å². The SMILES string of the molecule is NC(=O)CCCNC(=O)c1cccc2c1CCCN2. The molecule has 0 atom stereocenters. The Morgan fingerprint density at radius 3 is 3.00 bits per heavy atom. The smallest absolute Gasteiger partial charge is 0.251 e. The van der Waals surface area contributed by atoms with Gasteiger partial charge in [-0.2, -0.15) is 0 Å². The van der Waals surface area contributed by atoms with E-state index in [1.807, 2.05) is 18.2 Å². The summed E-state index contributed by atoms with van der Waals surface area (Å²) in [5, 5.41) is 6.13. The van der Waals surface area contributed by atoms with Gasteiger partial charge in [-0.25, -0.2) is 0 Å². The van der Waals surface area contributed by atoms with Gasteiger partial charge in [0.2, 0.25) is 5.91 Å². The zero-order valence-electron chi connectivity index (χ0n) is 10.9. The molecule has 0 fully saturated rings. The molecule has 19 heavy (non-hydrogen) atoms. The summed E-state index contributed by atoms with van der Waals surface area (Å²) in [7, 11) is 0. The molecule has 5 heteroatoms. The molecule has 0 bridgehead atoms. The molecule has 102 valence electrons. The molecule has 0 aliphatic carbocycles. The lowest BCUT2D eigenvalue weighted by Crippen LogP contribution is -2.27. The number of hydrogen-bond donors (Lipinski definition) is 3. The van der Waals surface area contributed by atoms with Crippen LogP contribution in [0.3, 0.4) is 0 Å². The Morgan fingerprint density at radius 2 is 2.21 bits per heavy atom. The van der Waals surface area contributed by atoms with Crippen molar-refractivity contribution in [3.63, 3.8) is 0 Å². The molecule has 1 heterocycles. The molecule has 0 saturated carbocycles. The number of benzene rings is 1. The Hall–Kier alpha value is -2.04. The monoisotopic (exact) mass is 261 g/mol. The quantitative estimate of drug-likeness (QED) is 0.692. The van der Waals surface area contributed by atoms with Gasteiger partial charge >= 0.3 is 0 Å². The lowest BCUT2D eigenvalue weighted by molar-refractivity contribution is -0.118. The van der Waals surface area contributed by atoms with Gasteiger partial charge in [0, 0.05) is 30.8 Å². The molecule has 1 aromatic rings. The first-order chi connectivity index (χ1) is 9.18. The molecule has 0 saturated heterocycles. The van der Waals surface area contributed by atoms with Gasteiger partial charge in [-0.1, -0.05) is 6.07 Å². The highest BCUT2D eigenvalue weighted by Gasteiger charge is 2.16. The summed E-state index contributed by atoms with van der Waals surface area (Å²) in [6.45, 7) is 1.43. The predicted octanol–water partition coefficient (Wildman–Crippen LogP) is 1.04. The molecule has 4 N–H and O–H groups in total. The van der Waals surface area contributed by atoms with E-state index in [9.17, 15) is 9.59 Å². The summed E-state index contributed by atoms with van der Waals surface area (Å²) in [4.78, 5) is 22.7. The fourth-order valence-electron chi connectivity index (χ4n) is 2.28. The van der Waals surface area contributed by atoms with Gasteiger partial charge in [0.05, 0.1) is 0 Å². The van der Waals surface area contributed by atoms with Crippen LogP contribution in [0.5, 0.6) is 0 Å². The normalized spacial score (nSPS) is 13.3. The first-order valence-corrected chi connectivity index (χ1v) is 6.61. The molecule has 1 aliphatic rings. The van der Waals surface area contributed by atoms with Crippen LogP contribution < -0.4 is 16.4 Å². The lowest BCUT2D eigenvalue weighted by atomic mass is 9.97. The van der Waals surface area contributed by atoms with E-state index >= 15 is 0 Å². The van der Waals surface area contributed by atoms with E-state index in [-0.39, 0.29) is 11.8 Å². The minimum absolute atomic E-state index is 0.0787. The average molecular weight is 261 g/mol. The Balaban J connectivity index is 1.97. The largest absolute Gasteiger partial charge is 0.385 e. The van der Waals surface area contributed by atoms with Crippen LogP contribution >= 0.6 is 0 Å². The number of nitrogens with one attached hydrogen (secondary N) is 2. The Kier molecular flexibility index (Phi) is 4.39. The highest BCUT2D eigenvalue weighted by atomic mass is 16.2. The lowest BCUT2D eigenvalue weighted by Gasteiger charge is -2.20. The van der Waals surface area contributed by atoms with Crippen molar-refractivity contribution in [1.82, 2.24) is 5.32 Å². The molecule has 2 rings (SSSR count). The number of hydrogen-bond acceptors (Lipinski definition) is 3. The number of anilines is 1. The zero-order chi connectivity index (χ0) is 13.7. The van der Waals surface area contributed by atoms with Gasteiger partial charge in [-0.15, -0.1) is 0 Å². The third-order valence-corrected chi connectivity index (χ3v) is 3.23. The standard InChI is InChI=1S/C14H19N3O2/c15-13(18)7-3-9-17-14(19)11-4-1-6-12-10(11)5-2-8-16-12/h1,4,6,16H,2-3,5,7-9H2,(H2,15,18)(H,17,19). The number of amides is 2. The topological polar surface area (TPSA) is 84.2 Å². The summed E-state index contributed by atoms with van der Waals surface area (Å²) >= 11 is 0. The van der Waals surface area contributed by atoms with Crippen LogP contribution in [0.1, 0.15) is 35.2 Å². The molecular weight excluding hydrogens is 242 g/mol. The maximum absolute atomic E-state index is 12.1. The Bertz CT molecular complexity index is 486. The molecule has 0 unspecified atom stereocenters. The predicted molar refractivity (Wildman–Crippen MR) is 74.0 cm³/mol. The van der Waals surface area contributed by atoms with Gasteiger partial charge < -0.3 is 16.4 Å². The maximum atomic E-state index is 12.1. The number of primary amides is 1. The number of nitrogens with two attached hydrogens (primary N) is 1. The van der Waals surface area contributed by atoms with Crippen LogP contribution in [0.25, 0.3) is 0 Å². The van der Waals surface area contributed by atoms with Crippen LogP contribution in [0, 0.1) is 0 Å². The van der Waals surface area contributed by atoms with Crippen LogP contribution in [0.2, 0.25) is 0 Å². The molecule has 0 aromatic heterocycles. The van der Waals surface area contributed by atoms with E-state index in [1.54, 1.807) is 0 Å². The number of carbonyl (C=O) groups excluding carboxylic acids is 2. The molecular formula is C14H19N3O2. The Labute approximate surface area is 112 Å². The number of carbonyl (C=O) groups is 2. The van der Waals surface area contributed by atoms with Crippen LogP contribution in [-0.4, -0.2) is 24.9 Å². The average Bonchev–Trinajstić information content (AvgIpc) is 2.42. The minimum atomic E-state index is -0.337. The molecule has 5 nitrogen and oxygen atoms in total. The van der Waals surface area contributed by atoms with Gasteiger partial charge in [-0.05, 0) is 37.0 Å². The van der Waals surface area contributed by atoms with Crippen LogP contribution in [-0.2, 0) is 11.2 Å². The van der Waals surface area contributed by atoms with E-state index in [1.165, 1.54) is 0 Å². The van der Waals surface area contributed by atoms with E-state index in [2.05, 4.69) is 10.6 Å². The number of rotatable bonds is 5. The second-order valence-corrected chi connectivity index (χ2v) is 4.69. The molecule has 0 spiro atoms. The van der Waals surface area contributed by atoms with E-state index in [0.717, 1.165) is 36.2 Å². The van der Waals surface area contributed by atoms with Gasteiger partial charge in [0.15, 0.2) is 0 Å². The number of fused-ring (bicyclic) bond motifs is 1. The second kappa shape index (κ2) is 6.22. The van der Waals surface area contributed by atoms with E-state index in [4.69, 9.17) is 5.73 Å². The van der Waals surface area contributed by atoms with Crippen molar-refractivity contribution in [2.75, 3.05) is 18.4 Å². The van der Waals surface area contributed by atoms with Crippen molar-refractivity contribution >= 4 is 17.5 Å². The van der Waals surface area contributed by atoms with Gasteiger partial charge in [0.25, 0.3) is 5.91 Å². The van der Waals surface area contributed by atoms with E-state index in [0.29, 0.717) is 19.4 Å². The van der Waals surface area contributed by atoms with Crippen LogP contribution in [0.4, 0.5) is 5.69 Å². The summed E-state index contributed by atoms with van der Waals surface area (Å²) < 4.78 is 0. The maximum Gasteiger partial charge on any atom is 0.251 e. The molecule has 0 radical (unpaired) electrons. The summed E-state index contributed by atoms with van der Waals surface area (Å²) in [5.74, 6) is -0.416. The van der Waals surface area contributed by atoms with Crippen LogP contribution in [0.15, 0.2) is 18.2 Å². The van der Waals surface area contributed by atoms with Crippen molar-refractivity contribution in [3.8, 4) is 0 Å². The first-order valence-electron chi connectivity index (χ1n) is 6.61. The fraction of sp³-hybridized carbons (Fsp3) is 0.429. The molecule has 1 aliphatic heterocycles. The Morgan fingerprint density at radius 1 is 1.37 bits per heavy atom. The third kappa shape index (κ3) is 3.47. The van der Waals surface area contributed by atoms with Crippen molar-refractivity contribution < 1.29 is 9.59 Å². The zero-order valence-corrected chi connectivity index (χ0v) is 10.9. The second-order valence-electron chi connectivity index (χ2n) is 4.69. The van der Waals surface area contributed by atoms with Crippen molar-refractivity contribution in [3.05, 3.63) is 29.3 Å². The highest BCUT2D eigenvalue weighted by Crippen LogP contribution is 2.25. The highest BCUT2D eigenvalue weighted by molar-refractivity contribution is 5.97. The summed E-state index contributed by atoms with van der Waals surface area (Å²) in [6.07, 6.45) is 2.84. The van der Waals surface area contributed by atoms with Crippen molar-refractivity contribution in [2.24, 2.45) is 5.73 Å². The first kappa shape index (κ1) is 13.4. The summed E-state index contributed by atoms with van der Waals surface area (Å²) in [5.41, 5.74) is 7.91. The molecule has 1 aromatic carbocycles. The third-order valence-electron chi connectivity index (χ3n) is 3.23. The van der Waals surface area contributed by atoms with Gasteiger partial charge in [-0.3, -0.25) is 9.59 Å². The molecule has 2 amide bonds. The summed E-state index contributed by atoms with van der Waals surface area (Å²) in [6, 6.07) is 5.73. The van der Waals surface area contributed by atoms with Gasteiger partial charge in [0.1, 0.15) is 0 Å².